The van der Waals surface area contributed by atoms with Crippen molar-refractivity contribution in [2.45, 2.75) is 51.8 Å². The van der Waals surface area contributed by atoms with Crippen molar-refractivity contribution in [2.24, 2.45) is 0 Å². The van der Waals surface area contributed by atoms with E-state index in [9.17, 15) is 9.90 Å². The van der Waals surface area contributed by atoms with E-state index in [4.69, 9.17) is 4.74 Å². The van der Waals surface area contributed by atoms with E-state index in [-0.39, 0.29) is 24.5 Å². The van der Waals surface area contributed by atoms with Gasteiger partial charge >= 0.3 is 0 Å². The van der Waals surface area contributed by atoms with Crippen molar-refractivity contribution in [2.75, 3.05) is 13.7 Å². The van der Waals surface area contributed by atoms with Gasteiger partial charge in [-0.2, -0.15) is 0 Å². The fraction of sp³-hybridized carbons (Fsp3) is 0.526. The quantitative estimate of drug-likeness (QED) is 0.786. The molecule has 3 rings (SSSR count). The molecule has 2 aromatic rings. The molecule has 0 radical (unpaired) electrons. The number of amides is 1. The van der Waals surface area contributed by atoms with Crippen LogP contribution in [0.2, 0.25) is 0 Å². The van der Waals surface area contributed by atoms with Gasteiger partial charge in [0.05, 0.1) is 6.61 Å². The summed E-state index contributed by atoms with van der Waals surface area (Å²) in [7, 11) is 1.64. The number of carbonyl (C=O) groups is 1. The van der Waals surface area contributed by atoms with E-state index in [2.05, 4.69) is 15.5 Å². The van der Waals surface area contributed by atoms with E-state index < -0.39 is 0 Å². The number of hydrogen-bond donors (Lipinski definition) is 2. The van der Waals surface area contributed by atoms with Crippen molar-refractivity contribution in [3.8, 4) is 0 Å². The standard InChI is InChI=1S/C19H26N4O3/c1-12-4-5-13(2)16(8-12)19(25)20-15-9-14(10-15)18-22-21-17(11-24)23(18)6-7-26-3/h4-5,8,14-15,24H,6-7,9-11H2,1-3H3,(H,20,25). The Labute approximate surface area is 153 Å². The van der Waals surface area contributed by atoms with Crippen molar-refractivity contribution in [1.82, 2.24) is 20.1 Å². The molecule has 0 saturated heterocycles. The molecule has 0 atom stereocenters. The van der Waals surface area contributed by atoms with Gasteiger partial charge in [-0.3, -0.25) is 4.79 Å². The maximum atomic E-state index is 12.5. The third-order valence-electron chi connectivity index (χ3n) is 4.99. The lowest BCUT2D eigenvalue weighted by molar-refractivity contribution is 0.0905. The summed E-state index contributed by atoms with van der Waals surface area (Å²) >= 11 is 0. The Balaban J connectivity index is 1.61. The maximum Gasteiger partial charge on any atom is 0.251 e. The molecule has 7 nitrogen and oxygen atoms in total. The molecule has 140 valence electrons. The minimum atomic E-state index is -0.143. The number of hydrogen-bond acceptors (Lipinski definition) is 5. The Morgan fingerprint density at radius 1 is 1.35 bits per heavy atom. The molecule has 0 spiro atoms. The second kappa shape index (κ2) is 7.97. The molecule has 0 bridgehead atoms. The lowest BCUT2D eigenvalue weighted by Crippen LogP contribution is -2.44. The number of methoxy groups -OCH3 is 1. The minimum absolute atomic E-state index is 0.0217. The number of nitrogens with one attached hydrogen (secondary N) is 1. The Bertz CT molecular complexity index is 781. The van der Waals surface area contributed by atoms with Gasteiger partial charge in [-0.15, -0.1) is 10.2 Å². The molecule has 7 heteroatoms. The third kappa shape index (κ3) is 3.78. The number of aryl methyl sites for hydroxylation is 2. The molecule has 2 N–H and O–H groups in total. The fourth-order valence-electron chi connectivity index (χ4n) is 3.38. The van der Waals surface area contributed by atoms with Crippen molar-refractivity contribution in [3.05, 3.63) is 46.5 Å². The number of rotatable bonds is 7. The van der Waals surface area contributed by atoms with Crippen molar-refractivity contribution >= 4 is 5.91 Å². The highest BCUT2D eigenvalue weighted by atomic mass is 16.5. The van der Waals surface area contributed by atoms with Crippen LogP contribution >= 0.6 is 0 Å². The van der Waals surface area contributed by atoms with Crippen LogP contribution in [0.1, 0.15) is 51.9 Å². The summed E-state index contributed by atoms with van der Waals surface area (Å²) < 4.78 is 7.06. The zero-order chi connectivity index (χ0) is 18.7. The highest BCUT2D eigenvalue weighted by Crippen LogP contribution is 2.36. The average Bonchev–Trinajstić information content (AvgIpc) is 3.00. The smallest absolute Gasteiger partial charge is 0.251 e. The van der Waals surface area contributed by atoms with Gasteiger partial charge in [0, 0.05) is 31.2 Å². The molecule has 1 aromatic carbocycles. The summed E-state index contributed by atoms with van der Waals surface area (Å²) in [6, 6.07) is 6.05. The highest BCUT2D eigenvalue weighted by molar-refractivity contribution is 5.96. The number of ether oxygens (including phenoxy) is 1. The summed E-state index contributed by atoms with van der Waals surface area (Å²) in [4.78, 5) is 12.5. The van der Waals surface area contributed by atoms with Crippen molar-refractivity contribution in [1.29, 1.82) is 0 Å². The number of aliphatic hydroxyl groups excluding tert-OH is 1. The van der Waals surface area contributed by atoms with E-state index in [0.717, 1.165) is 35.4 Å². The van der Waals surface area contributed by atoms with Gasteiger partial charge in [-0.25, -0.2) is 0 Å². The lowest BCUT2D eigenvalue weighted by Gasteiger charge is -2.35. The zero-order valence-corrected chi connectivity index (χ0v) is 15.5. The first-order chi connectivity index (χ1) is 12.5. The van der Waals surface area contributed by atoms with E-state index >= 15 is 0 Å². The number of aromatic nitrogens is 3. The van der Waals surface area contributed by atoms with Gasteiger partial charge in [0.25, 0.3) is 5.91 Å². The summed E-state index contributed by atoms with van der Waals surface area (Å²) in [6.45, 7) is 4.95. The second-order valence-corrected chi connectivity index (χ2v) is 6.93. The monoisotopic (exact) mass is 358 g/mol. The predicted octanol–water partition coefficient (Wildman–Crippen LogP) is 1.71. The van der Waals surface area contributed by atoms with Crippen LogP contribution in [-0.4, -0.2) is 45.5 Å². The Morgan fingerprint density at radius 3 is 2.81 bits per heavy atom. The predicted molar refractivity (Wildman–Crippen MR) is 97.0 cm³/mol. The third-order valence-corrected chi connectivity index (χ3v) is 4.99. The summed E-state index contributed by atoms with van der Waals surface area (Å²) in [6.07, 6.45) is 1.65. The van der Waals surface area contributed by atoms with Gasteiger partial charge in [-0.1, -0.05) is 17.7 Å². The molecule has 1 fully saturated rings. The van der Waals surface area contributed by atoms with Crippen LogP contribution in [0.4, 0.5) is 0 Å². The number of benzene rings is 1. The molecule has 1 saturated carbocycles. The van der Waals surface area contributed by atoms with Crippen LogP contribution in [0, 0.1) is 13.8 Å². The molecule has 0 aliphatic heterocycles. The number of carbonyl (C=O) groups excluding carboxylic acids is 1. The summed E-state index contributed by atoms with van der Waals surface area (Å²) in [5.74, 6) is 1.64. The van der Waals surface area contributed by atoms with Crippen LogP contribution in [-0.2, 0) is 17.9 Å². The van der Waals surface area contributed by atoms with Crippen molar-refractivity contribution in [3.63, 3.8) is 0 Å². The van der Waals surface area contributed by atoms with Crippen LogP contribution in [0.25, 0.3) is 0 Å². The Hall–Kier alpha value is -2.25. The molecule has 1 aliphatic rings. The summed E-state index contributed by atoms with van der Waals surface area (Å²) in [5.41, 5.74) is 2.80. The molecule has 1 aromatic heterocycles. The van der Waals surface area contributed by atoms with Gasteiger partial charge in [0.15, 0.2) is 5.82 Å². The van der Waals surface area contributed by atoms with E-state index in [1.54, 1.807) is 7.11 Å². The van der Waals surface area contributed by atoms with E-state index in [1.807, 2.05) is 36.6 Å². The molecule has 0 unspecified atom stereocenters. The first kappa shape index (κ1) is 18.5. The molecule has 26 heavy (non-hydrogen) atoms. The van der Waals surface area contributed by atoms with E-state index in [1.165, 1.54) is 0 Å². The zero-order valence-electron chi connectivity index (χ0n) is 15.5. The van der Waals surface area contributed by atoms with Gasteiger partial charge in [0.2, 0.25) is 0 Å². The lowest BCUT2D eigenvalue weighted by atomic mass is 9.79. The Kier molecular flexibility index (Phi) is 5.68. The molecule has 1 aliphatic carbocycles. The van der Waals surface area contributed by atoms with Crippen LogP contribution in [0.15, 0.2) is 18.2 Å². The number of aliphatic hydroxyl groups is 1. The molecular formula is C19H26N4O3. The molecular weight excluding hydrogens is 332 g/mol. The number of nitrogens with zero attached hydrogens (tertiary/aromatic N) is 3. The highest BCUT2D eigenvalue weighted by Gasteiger charge is 2.35. The van der Waals surface area contributed by atoms with E-state index in [0.29, 0.717) is 19.0 Å². The average molecular weight is 358 g/mol. The Morgan fingerprint density at radius 2 is 2.12 bits per heavy atom. The molecule has 1 amide bonds. The van der Waals surface area contributed by atoms with Crippen LogP contribution in [0.5, 0.6) is 0 Å². The maximum absolute atomic E-state index is 12.5. The van der Waals surface area contributed by atoms with Crippen LogP contribution in [0.3, 0.4) is 0 Å². The summed E-state index contributed by atoms with van der Waals surface area (Å²) in [5, 5.41) is 20.9. The largest absolute Gasteiger partial charge is 0.388 e. The normalized spacial score (nSPS) is 19.2. The SMILES string of the molecule is COCCn1c(CO)nnc1C1CC(NC(=O)c2cc(C)ccc2C)C1. The molecule has 1 heterocycles. The first-order valence-electron chi connectivity index (χ1n) is 8.93. The fourth-order valence-corrected chi connectivity index (χ4v) is 3.38. The van der Waals surface area contributed by atoms with Crippen molar-refractivity contribution < 1.29 is 14.6 Å². The van der Waals surface area contributed by atoms with Crippen LogP contribution < -0.4 is 5.32 Å². The first-order valence-corrected chi connectivity index (χ1v) is 8.93. The minimum Gasteiger partial charge on any atom is -0.388 e. The second-order valence-electron chi connectivity index (χ2n) is 6.93. The van der Waals surface area contributed by atoms with Gasteiger partial charge in [-0.05, 0) is 38.3 Å². The topological polar surface area (TPSA) is 89.3 Å². The van der Waals surface area contributed by atoms with Gasteiger partial charge in [0.1, 0.15) is 12.4 Å². The van der Waals surface area contributed by atoms with Gasteiger partial charge < -0.3 is 19.7 Å².